The van der Waals surface area contributed by atoms with Crippen LogP contribution in [0.4, 0.5) is 4.79 Å². The van der Waals surface area contributed by atoms with Gasteiger partial charge < -0.3 is 20.1 Å². The van der Waals surface area contributed by atoms with Crippen molar-refractivity contribution in [3.05, 3.63) is 0 Å². The number of rotatable bonds is 10. The van der Waals surface area contributed by atoms with E-state index in [-0.39, 0.29) is 0 Å². The average molecular weight is 393 g/mol. The minimum Gasteiger partial charge on any atom is -0.460 e. The second kappa shape index (κ2) is 11.6. The van der Waals surface area contributed by atoms with E-state index >= 15 is 0 Å². The van der Waals surface area contributed by atoms with E-state index in [1.807, 2.05) is 0 Å². The van der Waals surface area contributed by atoms with Crippen molar-refractivity contribution in [3.63, 3.8) is 0 Å². The number of alkyl carbamates (subject to hydrolysis) is 1. The highest BCUT2D eigenvalue weighted by atomic mass is 35.6. The summed E-state index contributed by atoms with van der Waals surface area (Å²) in [4.78, 5) is 33.4. The molecule has 134 valence electrons. The second-order valence-electron chi connectivity index (χ2n) is 4.51. The van der Waals surface area contributed by atoms with Gasteiger partial charge in [-0.1, -0.05) is 34.8 Å². The molecule has 0 saturated heterocycles. The molecule has 0 aliphatic heterocycles. The molecule has 0 aliphatic carbocycles. The maximum atomic E-state index is 12.0. The van der Waals surface area contributed by atoms with Gasteiger partial charge in [0.1, 0.15) is 12.6 Å². The minimum absolute atomic E-state index is 0.340. The van der Waals surface area contributed by atoms with Gasteiger partial charge in [0.25, 0.3) is 0 Å². The summed E-state index contributed by atoms with van der Waals surface area (Å²) in [5.74, 6) is -0.638. The maximum absolute atomic E-state index is 12.0. The zero-order valence-electron chi connectivity index (χ0n) is 12.7. The molecule has 0 rings (SSSR count). The first-order valence-corrected chi connectivity index (χ1v) is 7.84. The minimum atomic E-state index is -1.71. The Hall–Kier alpha value is -0.960. The van der Waals surface area contributed by atoms with Crippen LogP contribution in [-0.4, -0.2) is 54.7 Å². The van der Waals surface area contributed by atoms with Crippen molar-refractivity contribution in [1.29, 1.82) is 0 Å². The predicted octanol–water partition coefficient (Wildman–Crippen LogP) is 1.09. The summed E-state index contributed by atoms with van der Waals surface area (Å²) in [6.07, 6.45) is 0.190. The Morgan fingerprint density at radius 1 is 1.30 bits per heavy atom. The number of nitrogens with one attached hydrogen (secondary N) is 3. The first-order chi connectivity index (χ1) is 10.7. The summed E-state index contributed by atoms with van der Waals surface area (Å²) in [6.45, 7) is 1.61. The smallest absolute Gasteiger partial charge is 0.408 e. The third-order valence-corrected chi connectivity index (χ3v) is 2.86. The number of hydrogen-bond acceptors (Lipinski definition) is 6. The van der Waals surface area contributed by atoms with Gasteiger partial charge in [0.15, 0.2) is 0 Å². The Labute approximate surface area is 149 Å². The zero-order chi connectivity index (χ0) is 17.9. The highest BCUT2D eigenvalue weighted by Gasteiger charge is 2.27. The van der Waals surface area contributed by atoms with Gasteiger partial charge in [-0.15, -0.1) is 0 Å². The molecule has 0 aliphatic rings. The van der Waals surface area contributed by atoms with Crippen LogP contribution in [0.25, 0.3) is 0 Å². The van der Waals surface area contributed by atoms with Crippen LogP contribution >= 0.6 is 34.8 Å². The van der Waals surface area contributed by atoms with E-state index in [0.29, 0.717) is 25.8 Å². The van der Waals surface area contributed by atoms with Gasteiger partial charge in [0.05, 0.1) is 13.3 Å². The molecular weight excluding hydrogens is 373 g/mol. The van der Waals surface area contributed by atoms with Crippen molar-refractivity contribution in [2.24, 2.45) is 0 Å². The lowest BCUT2D eigenvalue weighted by molar-refractivity contribution is -0.146. The van der Waals surface area contributed by atoms with Crippen LogP contribution in [0, 0.1) is 0 Å². The van der Waals surface area contributed by atoms with Crippen LogP contribution in [0.3, 0.4) is 0 Å². The van der Waals surface area contributed by atoms with E-state index in [0.717, 1.165) is 0 Å². The Bertz CT molecular complexity index is 393. The largest absolute Gasteiger partial charge is 0.460 e. The van der Waals surface area contributed by atoms with Gasteiger partial charge in [-0.3, -0.25) is 14.9 Å². The first-order valence-electron chi connectivity index (χ1n) is 6.70. The highest BCUT2D eigenvalue weighted by Crippen LogP contribution is 2.26. The molecule has 2 atom stereocenters. The van der Waals surface area contributed by atoms with E-state index in [4.69, 9.17) is 39.5 Å². The topological polar surface area (TPSA) is 106 Å². The molecule has 3 N–H and O–H groups in total. The Morgan fingerprint density at radius 2 is 1.96 bits per heavy atom. The molecule has 2 amide bonds. The number of hydrogen-bond donors (Lipinski definition) is 3. The van der Waals surface area contributed by atoms with E-state index in [1.165, 1.54) is 7.11 Å². The molecule has 8 nitrogen and oxygen atoms in total. The Kier molecular flexibility index (Phi) is 11.1. The monoisotopic (exact) mass is 391 g/mol. The van der Waals surface area contributed by atoms with E-state index in [1.54, 1.807) is 6.92 Å². The fourth-order valence-electron chi connectivity index (χ4n) is 1.57. The highest BCUT2D eigenvalue weighted by molar-refractivity contribution is 6.67. The van der Waals surface area contributed by atoms with Crippen LogP contribution in [0.5, 0.6) is 0 Å². The normalized spacial score (nSPS) is 13.6. The van der Waals surface area contributed by atoms with Crippen molar-refractivity contribution in [3.8, 4) is 0 Å². The number of carbonyl (C=O) groups is 3. The van der Waals surface area contributed by atoms with Gasteiger partial charge >= 0.3 is 12.1 Å². The van der Waals surface area contributed by atoms with Crippen molar-refractivity contribution in [2.75, 3.05) is 20.3 Å². The van der Waals surface area contributed by atoms with Gasteiger partial charge in [-0.25, -0.2) is 4.79 Å². The molecular formula is C12H20Cl3N3O5. The van der Waals surface area contributed by atoms with E-state index < -0.39 is 34.7 Å². The van der Waals surface area contributed by atoms with E-state index in [9.17, 15) is 14.4 Å². The molecule has 0 aromatic heterocycles. The number of carbonyl (C=O) groups excluding carboxylic acids is 3. The Balaban J connectivity index is 4.55. The average Bonchev–Trinajstić information content (AvgIpc) is 2.46. The van der Waals surface area contributed by atoms with Crippen molar-refractivity contribution >= 4 is 53.3 Å². The number of methoxy groups -OCH3 is 1. The lowest BCUT2D eigenvalue weighted by Crippen LogP contribution is -2.51. The molecule has 0 aromatic carbocycles. The molecule has 11 heteroatoms. The zero-order valence-corrected chi connectivity index (χ0v) is 15.0. The fraction of sp³-hybridized carbons (Fsp3) is 0.750. The molecule has 0 heterocycles. The van der Waals surface area contributed by atoms with Gasteiger partial charge in [-0.2, -0.15) is 0 Å². The van der Waals surface area contributed by atoms with Crippen LogP contribution in [-0.2, 0) is 19.1 Å². The summed E-state index contributed by atoms with van der Waals surface area (Å²) < 4.78 is 7.67. The molecule has 2 unspecified atom stereocenters. The molecule has 0 saturated carbocycles. The second-order valence-corrected chi connectivity index (χ2v) is 7.03. The maximum Gasteiger partial charge on any atom is 0.408 e. The van der Waals surface area contributed by atoms with Crippen LogP contribution in [0.2, 0.25) is 0 Å². The summed E-state index contributed by atoms with van der Waals surface area (Å²) in [7, 11) is 1.22. The first kappa shape index (κ1) is 22.0. The molecule has 0 bridgehead atoms. The number of ether oxygens (including phenoxy) is 2. The molecule has 23 heavy (non-hydrogen) atoms. The summed E-state index contributed by atoms with van der Waals surface area (Å²) in [5, 5.41) is 7.80. The lowest BCUT2D eigenvalue weighted by Gasteiger charge is -2.23. The quantitative estimate of drug-likeness (QED) is 0.169. The van der Waals surface area contributed by atoms with Gasteiger partial charge in [0, 0.05) is 6.54 Å². The van der Waals surface area contributed by atoms with Gasteiger partial charge in [-0.05, 0) is 19.8 Å². The predicted molar refractivity (Wildman–Crippen MR) is 86.5 cm³/mol. The van der Waals surface area contributed by atoms with Gasteiger partial charge in [0.2, 0.25) is 10.2 Å². The summed E-state index contributed by atoms with van der Waals surface area (Å²) in [6, 6.07) is -0.761. The number of halogens is 3. The molecule has 0 aromatic rings. The van der Waals surface area contributed by atoms with E-state index in [2.05, 4.69) is 20.7 Å². The third-order valence-electron chi connectivity index (χ3n) is 2.53. The summed E-state index contributed by atoms with van der Waals surface area (Å²) in [5.41, 5.74) is 0. The van der Waals surface area contributed by atoms with Crippen LogP contribution in [0.15, 0.2) is 0 Å². The number of alkyl halides is 3. The van der Waals surface area contributed by atoms with Crippen LogP contribution < -0.4 is 16.0 Å². The fourth-order valence-corrected chi connectivity index (χ4v) is 1.73. The molecule has 0 spiro atoms. The lowest BCUT2D eigenvalue weighted by atomic mass is 10.1. The van der Waals surface area contributed by atoms with Crippen LogP contribution in [0.1, 0.15) is 19.8 Å². The van der Waals surface area contributed by atoms with Crippen molar-refractivity contribution in [1.82, 2.24) is 16.0 Å². The van der Waals surface area contributed by atoms with Crippen molar-refractivity contribution in [2.45, 2.75) is 35.8 Å². The molecule has 0 radical (unpaired) electrons. The standard InChI is InChI=1S/C12H20Cl3N3O5/c1-8(18-11(21)22-2)17-9(4-3-5-16-7-19)10(20)23-6-12(13,14)15/h7-9,17H,3-6H2,1-2H3,(H,16,19)(H,18,21). The Morgan fingerprint density at radius 3 is 2.48 bits per heavy atom. The van der Waals surface area contributed by atoms with Crippen molar-refractivity contribution < 1.29 is 23.9 Å². The molecule has 0 fully saturated rings. The summed E-state index contributed by atoms with van der Waals surface area (Å²) >= 11 is 16.6. The number of amides is 2. The SMILES string of the molecule is COC(=O)NC(C)NC(CCCNC=O)C(=O)OCC(Cl)(Cl)Cl. The number of esters is 1. The third kappa shape index (κ3) is 12.2.